The second-order valence-electron chi connectivity index (χ2n) is 4.83. The van der Waals surface area contributed by atoms with Gasteiger partial charge < -0.3 is 5.73 Å². The van der Waals surface area contributed by atoms with Crippen molar-refractivity contribution in [2.24, 2.45) is 5.73 Å². The summed E-state index contributed by atoms with van der Waals surface area (Å²) in [5, 5.41) is 0. The highest BCUT2D eigenvalue weighted by atomic mass is 16.2. The zero-order chi connectivity index (χ0) is 14.9. The molecule has 0 bridgehead atoms. The molecule has 1 unspecified atom stereocenters. The van der Waals surface area contributed by atoms with Crippen LogP contribution in [0.25, 0.3) is 5.69 Å². The van der Waals surface area contributed by atoms with E-state index >= 15 is 0 Å². The Morgan fingerprint density at radius 3 is 2.70 bits per heavy atom. The average molecular weight is 274 g/mol. The van der Waals surface area contributed by atoms with Crippen molar-refractivity contribution in [3.05, 3.63) is 46.1 Å². The lowest BCUT2D eigenvalue weighted by atomic mass is 10.1. The molecule has 2 N–H and O–H groups in total. The van der Waals surface area contributed by atoms with Gasteiger partial charge in [0.1, 0.15) is 12.4 Å². The lowest BCUT2D eigenvalue weighted by molar-refractivity contribution is -0.121. The van der Waals surface area contributed by atoms with E-state index in [1.807, 2.05) is 39.0 Å². The molecule has 1 atom stereocenters. The first-order valence-electron chi connectivity index (χ1n) is 6.48. The number of carbonyl (C=O) groups excluding carboxylic acids is 1. The average Bonchev–Trinajstić information content (AvgIpc) is 2.75. The number of amides is 1. The topological polar surface area (TPSA) is 82.9 Å². The molecule has 0 radical (unpaired) electrons. The summed E-state index contributed by atoms with van der Waals surface area (Å²) in [6.45, 7) is 5.71. The van der Waals surface area contributed by atoms with Gasteiger partial charge in [-0.1, -0.05) is 19.1 Å². The third-order valence-electron chi connectivity index (χ3n) is 3.33. The van der Waals surface area contributed by atoms with Gasteiger partial charge in [0.05, 0.1) is 5.69 Å². The molecule has 0 aliphatic carbocycles. The summed E-state index contributed by atoms with van der Waals surface area (Å²) < 4.78 is 2.91. The van der Waals surface area contributed by atoms with E-state index in [1.165, 1.54) is 11.0 Å². The summed E-state index contributed by atoms with van der Waals surface area (Å²) in [7, 11) is 0. The summed E-state index contributed by atoms with van der Waals surface area (Å²) in [4.78, 5) is 27.3. The Morgan fingerprint density at radius 2 is 2.10 bits per heavy atom. The van der Waals surface area contributed by atoms with Crippen molar-refractivity contribution in [1.82, 2.24) is 14.3 Å². The molecule has 6 nitrogen and oxygen atoms in total. The Hall–Kier alpha value is -2.37. The Bertz CT molecular complexity index is 699. The molecule has 6 heteroatoms. The first-order valence-corrected chi connectivity index (χ1v) is 6.48. The van der Waals surface area contributed by atoms with Crippen molar-refractivity contribution in [3.63, 3.8) is 0 Å². The van der Waals surface area contributed by atoms with Gasteiger partial charge >= 0.3 is 5.69 Å². The summed E-state index contributed by atoms with van der Waals surface area (Å²) in [5.41, 5.74) is 7.77. The van der Waals surface area contributed by atoms with Crippen molar-refractivity contribution in [1.29, 1.82) is 0 Å². The number of rotatable bonds is 4. The number of benzene rings is 1. The lowest BCUT2D eigenvalue weighted by Gasteiger charge is -2.18. The van der Waals surface area contributed by atoms with Crippen molar-refractivity contribution < 1.29 is 4.79 Å². The molecule has 106 valence electrons. The lowest BCUT2D eigenvalue weighted by Crippen LogP contribution is -2.36. The largest absolute Gasteiger partial charge is 0.368 e. The van der Waals surface area contributed by atoms with Crippen LogP contribution >= 0.6 is 0 Å². The molecule has 20 heavy (non-hydrogen) atoms. The molecule has 2 rings (SSSR count). The Morgan fingerprint density at radius 1 is 1.40 bits per heavy atom. The molecule has 0 aliphatic heterocycles. The van der Waals surface area contributed by atoms with Crippen molar-refractivity contribution in [2.75, 3.05) is 0 Å². The van der Waals surface area contributed by atoms with Gasteiger partial charge in [-0.15, -0.1) is 0 Å². The van der Waals surface area contributed by atoms with E-state index in [0.717, 1.165) is 16.8 Å². The summed E-state index contributed by atoms with van der Waals surface area (Å²) in [6, 6.07) is 5.19. The molecule has 1 heterocycles. The third-order valence-corrected chi connectivity index (χ3v) is 3.33. The highest BCUT2D eigenvalue weighted by Gasteiger charge is 2.21. The number of nitrogens with zero attached hydrogens (tertiary/aromatic N) is 3. The van der Waals surface area contributed by atoms with Crippen LogP contribution in [0.2, 0.25) is 0 Å². The van der Waals surface area contributed by atoms with Gasteiger partial charge in [-0.2, -0.15) is 4.98 Å². The van der Waals surface area contributed by atoms with Crippen molar-refractivity contribution in [3.8, 4) is 5.69 Å². The summed E-state index contributed by atoms with van der Waals surface area (Å²) >= 11 is 0. The number of hydrogen-bond donors (Lipinski definition) is 1. The van der Waals surface area contributed by atoms with Crippen LogP contribution in [0.4, 0.5) is 0 Å². The Kier molecular flexibility index (Phi) is 3.74. The first kappa shape index (κ1) is 14.0. The van der Waals surface area contributed by atoms with E-state index in [1.54, 1.807) is 4.68 Å². The number of aryl methyl sites for hydroxylation is 2. The van der Waals surface area contributed by atoms with Crippen molar-refractivity contribution in [2.45, 2.75) is 33.2 Å². The van der Waals surface area contributed by atoms with E-state index in [2.05, 4.69) is 4.98 Å². The number of nitrogens with two attached hydrogens (primary N) is 1. The van der Waals surface area contributed by atoms with Crippen LogP contribution in [0.5, 0.6) is 0 Å². The zero-order valence-electron chi connectivity index (χ0n) is 11.8. The van der Waals surface area contributed by atoms with Crippen LogP contribution in [0.1, 0.15) is 30.5 Å². The molecule has 0 aliphatic rings. The monoisotopic (exact) mass is 274 g/mol. The van der Waals surface area contributed by atoms with Gasteiger partial charge in [-0.05, 0) is 37.5 Å². The van der Waals surface area contributed by atoms with Gasteiger partial charge in [0, 0.05) is 0 Å². The molecule has 1 aromatic carbocycles. The molecule has 0 fully saturated rings. The fourth-order valence-electron chi connectivity index (χ4n) is 2.23. The number of primary amides is 1. The number of hydrogen-bond acceptors (Lipinski definition) is 3. The van der Waals surface area contributed by atoms with E-state index in [4.69, 9.17) is 5.73 Å². The van der Waals surface area contributed by atoms with Crippen LogP contribution in [0.3, 0.4) is 0 Å². The van der Waals surface area contributed by atoms with E-state index in [0.29, 0.717) is 6.42 Å². The van der Waals surface area contributed by atoms with E-state index in [9.17, 15) is 9.59 Å². The quantitative estimate of drug-likeness (QED) is 0.905. The Labute approximate surface area is 116 Å². The van der Waals surface area contributed by atoms with E-state index < -0.39 is 17.6 Å². The first-order chi connectivity index (χ1) is 9.45. The second kappa shape index (κ2) is 5.32. The highest BCUT2D eigenvalue weighted by Crippen LogP contribution is 2.17. The number of aromatic nitrogens is 3. The third kappa shape index (κ3) is 2.36. The molecular weight excluding hydrogens is 256 g/mol. The molecule has 2 aromatic rings. The molecule has 0 saturated carbocycles. The molecule has 0 saturated heterocycles. The number of carbonyl (C=O) groups is 1. The van der Waals surface area contributed by atoms with Gasteiger partial charge in [-0.25, -0.2) is 14.2 Å². The molecule has 1 amide bonds. The fourth-order valence-corrected chi connectivity index (χ4v) is 2.23. The standard InChI is InChI=1S/C14H18N4O2/c1-4-11(13(15)19)18-14(20)16-8-17(18)12-7-9(2)5-6-10(12)3/h5-8,11H,4H2,1-3H3,(H2,15,19). The van der Waals surface area contributed by atoms with Crippen LogP contribution in [0.15, 0.2) is 29.3 Å². The van der Waals surface area contributed by atoms with Crippen LogP contribution in [-0.4, -0.2) is 20.3 Å². The second-order valence-corrected chi connectivity index (χ2v) is 4.83. The fraction of sp³-hybridized carbons (Fsp3) is 0.357. The van der Waals surface area contributed by atoms with Crippen LogP contribution < -0.4 is 11.4 Å². The normalized spacial score (nSPS) is 12.3. The maximum atomic E-state index is 11.9. The molecule has 0 spiro atoms. The van der Waals surface area contributed by atoms with Gasteiger partial charge in [-0.3, -0.25) is 4.79 Å². The predicted octanol–water partition coefficient (Wildman–Crippen LogP) is 1.09. The maximum absolute atomic E-state index is 11.9. The van der Waals surface area contributed by atoms with Crippen molar-refractivity contribution >= 4 is 5.91 Å². The minimum atomic E-state index is -0.704. The van der Waals surface area contributed by atoms with Gasteiger partial charge in [0.15, 0.2) is 0 Å². The summed E-state index contributed by atoms with van der Waals surface area (Å²) in [5.74, 6) is -0.540. The zero-order valence-corrected chi connectivity index (χ0v) is 11.8. The molecular formula is C14H18N4O2. The SMILES string of the molecule is CCC(C(N)=O)n1c(=O)ncn1-c1cc(C)ccc1C. The van der Waals surface area contributed by atoms with Crippen LogP contribution in [0, 0.1) is 13.8 Å². The Balaban J connectivity index is 2.68. The van der Waals surface area contributed by atoms with Gasteiger partial charge in [0.2, 0.25) is 5.91 Å². The summed E-state index contributed by atoms with van der Waals surface area (Å²) in [6.07, 6.45) is 1.86. The minimum absolute atomic E-state index is 0.436. The highest BCUT2D eigenvalue weighted by molar-refractivity contribution is 5.78. The molecule has 1 aromatic heterocycles. The van der Waals surface area contributed by atoms with Crippen LogP contribution in [-0.2, 0) is 4.79 Å². The van der Waals surface area contributed by atoms with E-state index in [-0.39, 0.29) is 0 Å². The minimum Gasteiger partial charge on any atom is -0.368 e. The smallest absolute Gasteiger partial charge is 0.364 e. The predicted molar refractivity (Wildman–Crippen MR) is 75.8 cm³/mol. The van der Waals surface area contributed by atoms with Gasteiger partial charge in [0.25, 0.3) is 0 Å². The maximum Gasteiger partial charge on any atom is 0.364 e.